The number of benzene rings is 1. The highest BCUT2D eigenvalue weighted by molar-refractivity contribution is 7.90. The second kappa shape index (κ2) is 9.66. The van der Waals surface area contributed by atoms with Gasteiger partial charge in [0.25, 0.3) is 11.8 Å². The van der Waals surface area contributed by atoms with Crippen molar-refractivity contribution in [3.05, 3.63) is 60.2 Å². The van der Waals surface area contributed by atoms with Gasteiger partial charge in [-0.15, -0.1) is 0 Å². The molecule has 3 heterocycles. The summed E-state index contributed by atoms with van der Waals surface area (Å²) in [6.07, 6.45) is 5.12. The molecule has 2 amide bonds. The number of nitrogens with one attached hydrogen (secondary N) is 1. The quantitative estimate of drug-likeness (QED) is 0.520. The Balaban J connectivity index is 1.62. The molecule has 1 aliphatic heterocycles. The van der Waals surface area contributed by atoms with Crippen LogP contribution < -0.4 is 14.8 Å². The first-order valence-corrected chi connectivity index (χ1v) is 12.5. The number of ether oxygens (including phenoxy) is 2. The molecular weight excluding hydrogens is 474 g/mol. The van der Waals surface area contributed by atoms with Crippen LogP contribution in [0.4, 0.5) is 5.82 Å². The molecule has 0 aliphatic carbocycles. The van der Waals surface area contributed by atoms with Crippen molar-refractivity contribution in [3.8, 4) is 17.2 Å². The Bertz CT molecular complexity index is 1360. The molecule has 1 aliphatic rings. The van der Waals surface area contributed by atoms with Gasteiger partial charge in [-0.25, -0.2) is 18.4 Å². The zero-order chi connectivity index (χ0) is 25.2. The molecule has 0 unspecified atom stereocenters. The standard InChI is InChI=1S/C23H23N5O6S/c1-14-11-25-20(13-24-14)27-22(29)15-8-17(33-16-4-5-21(26-12-16)35(3,31)32)10-18(9-15)34-19-6-7-28(2)23(19)30/h4-5,8-13,19H,6-7H2,1-3H3,(H,25,27,29)/t19-/m0/s1. The molecule has 3 aromatic rings. The largest absolute Gasteiger partial charge is 0.480 e. The number of anilines is 1. The number of carbonyl (C=O) groups is 2. The van der Waals surface area contributed by atoms with Crippen molar-refractivity contribution in [3.63, 3.8) is 0 Å². The fraction of sp³-hybridized carbons (Fsp3) is 0.261. The maximum atomic E-state index is 12.9. The van der Waals surface area contributed by atoms with Gasteiger partial charge in [0, 0.05) is 37.9 Å². The van der Waals surface area contributed by atoms with E-state index in [0.29, 0.717) is 18.7 Å². The summed E-state index contributed by atoms with van der Waals surface area (Å²) in [7, 11) is -1.77. The van der Waals surface area contributed by atoms with E-state index in [4.69, 9.17) is 9.47 Å². The summed E-state index contributed by atoms with van der Waals surface area (Å²) < 4.78 is 35.0. The fourth-order valence-corrected chi connectivity index (χ4v) is 3.88. The fourth-order valence-electron chi connectivity index (χ4n) is 3.32. The lowest BCUT2D eigenvalue weighted by Gasteiger charge is -2.15. The average molecular weight is 498 g/mol. The van der Waals surface area contributed by atoms with Crippen molar-refractivity contribution in [1.82, 2.24) is 19.9 Å². The molecule has 0 radical (unpaired) electrons. The number of likely N-dealkylation sites (N-methyl/N-ethyl adjacent to an activating group) is 1. The molecule has 0 saturated carbocycles. The van der Waals surface area contributed by atoms with E-state index in [1.54, 1.807) is 24.9 Å². The molecule has 2 aromatic heterocycles. The van der Waals surface area contributed by atoms with E-state index in [-0.39, 0.29) is 39.6 Å². The first kappa shape index (κ1) is 24.1. The Morgan fingerprint density at radius 1 is 1.06 bits per heavy atom. The Morgan fingerprint density at radius 2 is 1.83 bits per heavy atom. The van der Waals surface area contributed by atoms with E-state index in [0.717, 1.165) is 6.26 Å². The number of aryl methyl sites for hydroxylation is 1. The molecule has 1 saturated heterocycles. The Kier molecular flexibility index (Phi) is 6.65. The highest BCUT2D eigenvalue weighted by Crippen LogP contribution is 2.30. The van der Waals surface area contributed by atoms with Gasteiger partial charge in [-0.3, -0.25) is 14.6 Å². The van der Waals surface area contributed by atoms with Crippen LogP contribution in [0.2, 0.25) is 0 Å². The number of nitrogens with zero attached hydrogens (tertiary/aromatic N) is 4. The molecule has 1 N–H and O–H groups in total. The first-order chi connectivity index (χ1) is 16.6. The van der Waals surface area contributed by atoms with Gasteiger partial charge < -0.3 is 19.7 Å². The first-order valence-electron chi connectivity index (χ1n) is 10.6. The van der Waals surface area contributed by atoms with Crippen LogP contribution in [0.25, 0.3) is 0 Å². The Hall–Kier alpha value is -4.06. The summed E-state index contributed by atoms with van der Waals surface area (Å²) in [6.45, 7) is 2.35. The SMILES string of the molecule is Cc1cnc(NC(=O)c2cc(Oc3ccc(S(C)(=O)=O)nc3)cc(O[C@H]3CCN(C)C3=O)c2)cn1. The number of rotatable bonds is 7. The van der Waals surface area contributed by atoms with Crippen molar-refractivity contribution < 1.29 is 27.5 Å². The average Bonchev–Trinajstić information content (AvgIpc) is 3.12. The molecule has 11 nitrogen and oxygen atoms in total. The minimum Gasteiger partial charge on any atom is -0.480 e. The summed E-state index contributed by atoms with van der Waals surface area (Å²) in [5.41, 5.74) is 0.898. The van der Waals surface area contributed by atoms with Gasteiger partial charge in [0.1, 0.15) is 17.2 Å². The van der Waals surface area contributed by atoms with Crippen molar-refractivity contribution in [2.45, 2.75) is 24.5 Å². The maximum Gasteiger partial charge on any atom is 0.263 e. The maximum absolute atomic E-state index is 12.9. The van der Waals surface area contributed by atoms with Gasteiger partial charge in [0.05, 0.1) is 24.3 Å². The van der Waals surface area contributed by atoms with Crippen LogP contribution in [0, 0.1) is 6.92 Å². The smallest absolute Gasteiger partial charge is 0.263 e. The molecule has 0 bridgehead atoms. The van der Waals surface area contributed by atoms with E-state index < -0.39 is 21.8 Å². The van der Waals surface area contributed by atoms with E-state index in [1.807, 2.05) is 0 Å². The third-order valence-corrected chi connectivity index (χ3v) is 6.15. The number of hydrogen-bond donors (Lipinski definition) is 1. The predicted molar refractivity (Wildman–Crippen MR) is 125 cm³/mol. The van der Waals surface area contributed by atoms with Crippen LogP contribution in [-0.2, 0) is 14.6 Å². The lowest BCUT2D eigenvalue weighted by Crippen LogP contribution is -2.29. The Labute approximate surface area is 202 Å². The summed E-state index contributed by atoms with van der Waals surface area (Å²) in [4.78, 5) is 38.9. The monoisotopic (exact) mass is 497 g/mol. The number of likely N-dealkylation sites (tertiary alicyclic amines) is 1. The van der Waals surface area contributed by atoms with Crippen LogP contribution in [-0.4, -0.2) is 66.0 Å². The highest BCUT2D eigenvalue weighted by atomic mass is 32.2. The van der Waals surface area contributed by atoms with E-state index in [2.05, 4.69) is 20.3 Å². The highest BCUT2D eigenvalue weighted by Gasteiger charge is 2.31. The molecule has 1 aromatic carbocycles. The molecule has 35 heavy (non-hydrogen) atoms. The number of amides is 2. The number of carbonyl (C=O) groups excluding carboxylic acids is 2. The second-order valence-corrected chi connectivity index (χ2v) is 10.0. The molecule has 1 fully saturated rings. The number of aromatic nitrogens is 3. The van der Waals surface area contributed by atoms with Gasteiger partial charge in [0.15, 0.2) is 26.8 Å². The Morgan fingerprint density at radius 3 is 2.43 bits per heavy atom. The zero-order valence-electron chi connectivity index (χ0n) is 19.3. The predicted octanol–water partition coefficient (Wildman–Crippen LogP) is 2.24. The van der Waals surface area contributed by atoms with Gasteiger partial charge in [0.2, 0.25) is 0 Å². The number of hydrogen-bond acceptors (Lipinski definition) is 9. The summed E-state index contributed by atoms with van der Waals surface area (Å²) in [6, 6.07) is 7.30. The van der Waals surface area contributed by atoms with Gasteiger partial charge in [-0.1, -0.05) is 0 Å². The minimum absolute atomic E-state index is 0.0925. The molecule has 0 spiro atoms. The van der Waals surface area contributed by atoms with E-state index >= 15 is 0 Å². The zero-order valence-corrected chi connectivity index (χ0v) is 20.1. The lowest BCUT2D eigenvalue weighted by atomic mass is 10.1. The molecule has 4 rings (SSSR count). The van der Waals surface area contributed by atoms with Crippen molar-refractivity contribution in [1.29, 1.82) is 0 Å². The summed E-state index contributed by atoms with van der Waals surface area (Å²) in [5.74, 6) is 0.369. The van der Waals surface area contributed by atoms with Crippen LogP contribution in [0.15, 0.2) is 53.9 Å². The van der Waals surface area contributed by atoms with Gasteiger partial charge >= 0.3 is 0 Å². The topological polar surface area (TPSA) is 141 Å². The van der Waals surface area contributed by atoms with Gasteiger partial charge in [-0.2, -0.15) is 0 Å². The molecule has 182 valence electrons. The normalized spacial score (nSPS) is 15.7. The van der Waals surface area contributed by atoms with E-state index in [9.17, 15) is 18.0 Å². The van der Waals surface area contributed by atoms with Crippen molar-refractivity contribution in [2.24, 2.45) is 0 Å². The van der Waals surface area contributed by atoms with Crippen LogP contribution in [0.3, 0.4) is 0 Å². The number of sulfone groups is 1. The van der Waals surface area contributed by atoms with E-state index in [1.165, 1.54) is 42.9 Å². The van der Waals surface area contributed by atoms with Crippen molar-refractivity contribution >= 4 is 27.5 Å². The molecular formula is C23H23N5O6S. The minimum atomic E-state index is -3.46. The summed E-state index contributed by atoms with van der Waals surface area (Å²) >= 11 is 0. The third kappa shape index (κ3) is 5.90. The van der Waals surface area contributed by atoms with Gasteiger partial charge in [-0.05, 0) is 31.2 Å². The molecule has 12 heteroatoms. The number of pyridine rings is 1. The lowest BCUT2D eigenvalue weighted by molar-refractivity contribution is -0.132. The van der Waals surface area contributed by atoms with Crippen LogP contribution in [0.1, 0.15) is 22.5 Å². The van der Waals surface area contributed by atoms with Crippen LogP contribution >= 0.6 is 0 Å². The molecule has 1 atom stereocenters. The van der Waals surface area contributed by atoms with Crippen LogP contribution in [0.5, 0.6) is 17.2 Å². The van der Waals surface area contributed by atoms with Crippen molar-refractivity contribution in [2.75, 3.05) is 25.2 Å². The summed E-state index contributed by atoms with van der Waals surface area (Å²) in [5, 5.41) is 2.57. The third-order valence-electron chi connectivity index (χ3n) is 5.15. The second-order valence-electron chi connectivity index (χ2n) is 8.05.